The maximum atomic E-state index is 14.2. The summed E-state index contributed by atoms with van der Waals surface area (Å²) in [6.07, 6.45) is -4.36. The lowest BCUT2D eigenvalue weighted by atomic mass is 10.0. The molecular weight excluding hydrogens is 353 g/mol. The summed E-state index contributed by atoms with van der Waals surface area (Å²) in [6.45, 7) is -0.204. The third-order valence-electron chi connectivity index (χ3n) is 3.51. The van der Waals surface area contributed by atoms with E-state index in [0.717, 1.165) is 6.07 Å². The smallest absolute Gasteiger partial charge is 0.340 e. The standard InChI is InChI=1S/C13H12FN7O5/c14-10-5-9(6-17-19-15)25-13(11(10)18-20-16)26-12(22)7-2-1-3-8(4-7)21(23)24/h1-4,9-11,13H,5-6H2/t9-,10-,11-,13?/m1/s1. The van der Waals surface area contributed by atoms with Crippen LogP contribution in [0.4, 0.5) is 10.1 Å². The lowest BCUT2D eigenvalue weighted by molar-refractivity contribution is -0.384. The third kappa shape index (κ3) is 4.57. The number of hydrogen-bond acceptors (Lipinski definition) is 7. The topological polar surface area (TPSA) is 176 Å². The summed E-state index contributed by atoms with van der Waals surface area (Å²) in [7, 11) is 0. The number of azide groups is 2. The van der Waals surface area contributed by atoms with Crippen molar-refractivity contribution in [1.29, 1.82) is 0 Å². The van der Waals surface area contributed by atoms with Gasteiger partial charge in [0.15, 0.2) is 0 Å². The molecule has 1 unspecified atom stereocenters. The highest BCUT2D eigenvalue weighted by molar-refractivity contribution is 5.90. The second kappa shape index (κ2) is 8.62. The highest BCUT2D eigenvalue weighted by Crippen LogP contribution is 2.27. The van der Waals surface area contributed by atoms with Crippen molar-refractivity contribution >= 4 is 11.7 Å². The Labute approximate surface area is 144 Å². The van der Waals surface area contributed by atoms with Crippen molar-refractivity contribution in [2.75, 3.05) is 6.54 Å². The van der Waals surface area contributed by atoms with Crippen molar-refractivity contribution in [3.05, 3.63) is 60.8 Å². The molecule has 26 heavy (non-hydrogen) atoms. The van der Waals surface area contributed by atoms with Gasteiger partial charge in [0, 0.05) is 28.4 Å². The number of rotatable bonds is 6. The summed E-state index contributed by atoms with van der Waals surface area (Å²) in [4.78, 5) is 27.3. The lowest BCUT2D eigenvalue weighted by Gasteiger charge is -2.35. The Morgan fingerprint density at radius 2 is 2.23 bits per heavy atom. The molecule has 0 amide bonds. The number of alkyl halides is 1. The van der Waals surface area contributed by atoms with E-state index in [0.29, 0.717) is 0 Å². The molecule has 0 radical (unpaired) electrons. The molecule has 0 spiro atoms. The zero-order valence-corrected chi connectivity index (χ0v) is 13.1. The van der Waals surface area contributed by atoms with Crippen LogP contribution in [-0.4, -0.2) is 42.0 Å². The molecule has 12 nitrogen and oxygen atoms in total. The van der Waals surface area contributed by atoms with Crippen molar-refractivity contribution in [1.82, 2.24) is 0 Å². The van der Waals surface area contributed by atoms with Crippen LogP contribution < -0.4 is 0 Å². The Morgan fingerprint density at radius 1 is 1.46 bits per heavy atom. The van der Waals surface area contributed by atoms with Crippen LogP contribution in [0.25, 0.3) is 20.9 Å². The van der Waals surface area contributed by atoms with Gasteiger partial charge in [0.2, 0.25) is 6.29 Å². The molecule has 136 valence electrons. The number of non-ortho nitro benzene ring substituents is 1. The average Bonchev–Trinajstić information content (AvgIpc) is 2.62. The number of nitro benzene ring substituents is 1. The summed E-state index contributed by atoms with van der Waals surface area (Å²) < 4.78 is 24.6. The predicted octanol–water partition coefficient (Wildman–Crippen LogP) is 3.19. The summed E-state index contributed by atoms with van der Waals surface area (Å²) in [6, 6.07) is 3.28. The van der Waals surface area contributed by atoms with Gasteiger partial charge >= 0.3 is 5.97 Å². The molecule has 1 aromatic carbocycles. The number of halogens is 1. The van der Waals surface area contributed by atoms with Crippen LogP contribution in [0.15, 0.2) is 34.5 Å². The van der Waals surface area contributed by atoms with E-state index in [4.69, 9.17) is 20.5 Å². The van der Waals surface area contributed by atoms with Gasteiger partial charge in [-0.1, -0.05) is 16.3 Å². The van der Waals surface area contributed by atoms with Crippen molar-refractivity contribution in [2.24, 2.45) is 10.2 Å². The zero-order chi connectivity index (χ0) is 19.1. The van der Waals surface area contributed by atoms with Crippen LogP contribution in [-0.2, 0) is 9.47 Å². The summed E-state index contributed by atoms with van der Waals surface area (Å²) >= 11 is 0. The number of nitro groups is 1. The van der Waals surface area contributed by atoms with E-state index >= 15 is 0 Å². The fourth-order valence-corrected chi connectivity index (χ4v) is 2.34. The number of hydrogen-bond donors (Lipinski definition) is 0. The zero-order valence-electron chi connectivity index (χ0n) is 13.1. The third-order valence-corrected chi connectivity index (χ3v) is 3.51. The molecule has 0 aliphatic carbocycles. The summed E-state index contributed by atoms with van der Waals surface area (Å²) in [5.41, 5.74) is 16.4. The number of carbonyl (C=O) groups excluding carboxylic acids is 1. The van der Waals surface area contributed by atoms with E-state index in [2.05, 4.69) is 20.1 Å². The molecule has 1 heterocycles. The van der Waals surface area contributed by atoms with Gasteiger partial charge in [-0.05, 0) is 17.1 Å². The van der Waals surface area contributed by atoms with Crippen molar-refractivity contribution in [3.63, 3.8) is 0 Å². The van der Waals surface area contributed by atoms with E-state index in [1.54, 1.807) is 0 Å². The number of ether oxygens (including phenoxy) is 2. The highest BCUT2D eigenvalue weighted by Gasteiger charge is 2.41. The normalized spacial score (nSPS) is 24.7. The van der Waals surface area contributed by atoms with E-state index in [1.165, 1.54) is 18.2 Å². The van der Waals surface area contributed by atoms with Crippen molar-refractivity contribution in [3.8, 4) is 0 Å². The molecule has 1 aromatic rings. The Morgan fingerprint density at radius 3 is 2.88 bits per heavy atom. The minimum absolute atomic E-state index is 0.157. The molecule has 2 rings (SSSR count). The SMILES string of the molecule is [N-]=[N+]=NC[C@H]1C[C@@H](F)[C@@H](N=[N+]=[N-])C(OC(=O)c2cccc([N+](=O)[O-])c2)O1. The fourth-order valence-electron chi connectivity index (χ4n) is 2.34. The van der Waals surface area contributed by atoms with E-state index in [1.807, 2.05) is 0 Å². The van der Waals surface area contributed by atoms with Crippen molar-refractivity contribution < 1.29 is 23.6 Å². The van der Waals surface area contributed by atoms with Crippen LogP contribution in [0.5, 0.6) is 0 Å². The molecular formula is C13H12FN7O5. The number of esters is 1. The number of nitrogens with zero attached hydrogens (tertiary/aromatic N) is 7. The molecule has 1 fully saturated rings. The molecule has 1 saturated heterocycles. The first-order valence-corrected chi connectivity index (χ1v) is 7.26. The van der Waals surface area contributed by atoms with Crippen LogP contribution >= 0.6 is 0 Å². The summed E-state index contributed by atoms with van der Waals surface area (Å²) in [5.74, 6) is -1.02. The average molecular weight is 365 g/mol. The van der Waals surface area contributed by atoms with Gasteiger partial charge in [0.1, 0.15) is 12.2 Å². The molecule has 0 saturated carbocycles. The van der Waals surface area contributed by atoms with Crippen LogP contribution in [0.3, 0.4) is 0 Å². The van der Waals surface area contributed by atoms with E-state index < -0.39 is 35.5 Å². The first-order chi connectivity index (χ1) is 12.5. The largest absolute Gasteiger partial charge is 0.432 e. The predicted molar refractivity (Wildman–Crippen MR) is 83.6 cm³/mol. The summed E-state index contributed by atoms with van der Waals surface area (Å²) in [5, 5.41) is 17.3. The Kier molecular flexibility index (Phi) is 6.28. The van der Waals surface area contributed by atoms with Crippen LogP contribution in [0.2, 0.25) is 0 Å². The Bertz CT molecular complexity index is 793. The van der Waals surface area contributed by atoms with Gasteiger partial charge < -0.3 is 9.47 Å². The molecule has 1 aliphatic rings. The first-order valence-electron chi connectivity index (χ1n) is 7.26. The molecule has 4 atom stereocenters. The molecule has 0 bridgehead atoms. The first kappa shape index (κ1) is 18.9. The van der Waals surface area contributed by atoms with Gasteiger partial charge in [-0.15, -0.1) is 0 Å². The van der Waals surface area contributed by atoms with Crippen LogP contribution in [0.1, 0.15) is 16.8 Å². The maximum absolute atomic E-state index is 14.2. The van der Waals surface area contributed by atoms with Gasteiger partial charge in [0.05, 0.1) is 23.1 Å². The molecule has 0 N–H and O–H groups in total. The molecule has 0 aromatic heterocycles. The maximum Gasteiger partial charge on any atom is 0.340 e. The van der Waals surface area contributed by atoms with Crippen LogP contribution in [0, 0.1) is 10.1 Å². The highest BCUT2D eigenvalue weighted by atomic mass is 19.1. The monoisotopic (exact) mass is 365 g/mol. The number of benzene rings is 1. The van der Waals surface area contributed by atoms with E-state index in [9.17, 15) is 19.3 Å². The van der Waals surface area contributed by atoms with E-state index in [-0.39, 0.29) is 24.2 Å². The van der Waals surface area contributed by atoms with Gasteiger partial charge in [0.25, 0.3) is 5.69 Å². The van der Waals surface area contributed by atoms with Gasteiger partial charge in [-0.25, -0.2) is 9.18 Å². The second-order valence-electron chi connectivity index (χ2n) is 5.20. The minimum Gasteiger partial charge on any atom is -0.432 e. The second-order valence-corrected chi connectivity index (χ2v) is 5.20. The quantitative estimate of drug-likeness (QED) is 0.187. The minimum atomic E-state index is -1.69. The van der Waals surface area contributed by atoms with Gasteiger partial charge in [-0.3, -0.25) is 10.1 Å². The lowest BCUT2D eigenvalue weighted by Crippen LogP contribution is -2.48. The van der Waals surface area contributed by atoms with Gasteiger partial charge in [-0.2, -0.15) is 0 Å². The Balaban J connectivity index is 2.20. The molecule has 13 heteroatoms. The number of carbonyl (C=O) groups is 1. The Hall–Kier alpha value is -3.40. The molecule has 1 aliphatic heterocycles. The van der Waals surface area contributed by atoms with Crippen molar-refractivity contribution in [2.45, 2.75) is 31.0 Å². The fraction of sp³-hybridized carbons (Fsp3) is 0.462.